The van der Waals surface area contributed by atoms with Crippen molar-refractivity contribution in [2.24, 2.45) is 0 Å². The molecule has 7 nitrogen and oxygen atoms in total. The van der Waals surface area contributed by atoms with Crippen molar-refractivity contribution in [2.75, 3.05) is 13.7 Å². The Morgan fingerprint density at radius 2 is 2.12 bits per heavy atom. The SMILES string of the molecule is COC(c1ccccc1F)C(C)NC(=O)N1CCn2nc(C)nc2C1. The first kappa shape index (κ1) is 17.3. The molecule has 2 aromatic rings. The van der Waals surface area contributed by atoms with Crippen LogP contribution in [0.15, 0.2) is 24.3 Å². The van der Waals surface area contributed by atoms with Crippen LogP contribution in [-0.2, 0) is 17.8 Å². The van der Waals surface area contributed by atoms with Crippen LogP contribution >= 0.6 is 0 Å². The van der Waals surface area contributed by atoms with Crippen molar-refractivity contribution in [2.45, 2.75) is 39.1 Å². The summed E-state index contributed by atoms with van der Waals surface area (Å²) < 4.78 is 21.3. The van der Waals surface area contributed by atoms with Crippen LogP contribution in [0.3, 0.4) is 0 Å². The van der Waals surface area contributed by atoms with E-state index in [1.807, 2.05) is 11.6 Å². The molecule has 2 atom stereocenters. The number of carbonyl (C=O) groups is 1. The molecule has 2 heterocycles. The summed E-state index contributed by atoms with van der Waals surface area (Å²) in [5.41, 5.74) is 0.423. The molecule has 0 aliphatic carbocycles. The molecule has 8 heteroatoms. The summed E-state index contributed by atoms with van der Waals surface area (Å²) in [5, 5.41) is 7.18. The van der Waals surface area contributed by atoms with E-state index in [9.17, 15) is 9.18 Å². The standard InChI is InChI=1S/C17H22FN5O2/c1-11(16(25-3)13-6-4-5-7-14(13)18)19-17(24)22-8-9-23-15(10-22)20-12(2)21-23/h4-7,11,16H,8-10H2,1-3H3,(H,19,24). The topological polar surface area (TPSA) is 72.3 Å². The first-order valence-electron chi connectivity index (χ1n) is 8.22. The molecule has 1 aliphatic heterocycles. The van der Waals surface area contributed by atoms with Crippen molar-refractivity contribution >= 4 is 6.03 Å². The fourth-order valence-electron chi connectivity index (χ4n) is 3.10. The Bertz CT molecular complexity index is 763. The molecule has 0 fully saturated rings. The number of hydrogen-bond donors (Lipinski definition) is 1. The average molecular weight is 347 g/mol. The Balaban J connectivity index is 1.67. The Morgan fingerprint density at radius 3 is 2.84 bits per heavy atom. The van der Waals surface area contributed by atoms with Gasteiger partial charge < -0.3 is 15.0 Å². The number of carbonyl (C=O) groups excluding carboxylic acids is 1. The van der Waals surface area contributed by atoms with Crippen LogP contribution in [0.2, 0.25) is 0 Å². The zero-order valence-corrected chi connectivity index (χ0v) is 14.6. The number of aromatic nitrogens is 3. The highest BCUT2D eigenvalue weighted by Crippen LogP contribution is 2.23. The monoisotopic (exact) mass is 347 g/mol. The molecule has 1 N–H and O–H groups in total. The number of fused-ring (bicyclic) bond motifs is 1. The number of urea groups is 1. The van der Waals surface area contributed by atoms with Gasteiger partial charge >= 0.3 is 6.03 Å². The lowest BCUT2D eigenvalue weighted by Crippen LogP contribution is -2.48. The Labute approximate surface area is 145 Å². The van der Waals surface area contributed by atoms with Crippen molar-refractivity contribution in [1.82, 2.24) is 25.0 Å². The molecular formula is C17H22FN5O2. The number of benzene rings is 1. The van der Waals surface area contributed by atoms with E-state index in [1.54, 1.807) is 30.0 Å². The van der Waals surface area contributed by atoms with Crippen LogP contribution in [0.5, 0.6) is 0 Å². The van der Waals surface area contributed by atoms with Crippen LogP contribution in [0.4, 0.5) is 9.18 Å². The predicted molar refractivity (Wildman–Crippen MR) is 89.3 cm³/mol. The van der Waals surface area contributed by atoms with E-state index >= 15 is 0 Å². The molecule has 0 spiro atoms. The highest BCUT2D eigenvalue weighted by atomic mass is 19.1. The molecule has 134 valence electrons. The fraction of sp³-hybridized carbons (Fsp3) is 0.471. The van der Waals surface area contributed by atoms with E-state index in [0.29, 0.717) is 31.0 Å². The van der Waals surface area contributed by atoms with Crippen LogP contribution in [0.25, 0.3) is 0 Å². The Morgan fingerprint density at radius 1 is 1.36 bits per heavy atom. The number of nitrogens with zero attached hydrogens (tertiary/aromatic N) is 4. The number of amides is 2. The number of halogens is 1. The first-order chi connectivity index (χ1) is 12.0. The Kier molecular flexibility index (Phi) is 4.98. The van der Waals surface area contributed by atoms with Gasteiger partial charge in [0.15, 0.2) is 0 Å². The van der Waals surface area contributed by atoms with E-state index in [1.165, 1.54) is 13.2 Å². The molecule has 25 heavy (non-hydrogen) atoms. The van der Waals surface area contributed by atoms with Gasteiger partial charge in [-0.25, -0.2) is 18.9 Å². The highest BCUT2D eigenvalue weighted by Gasteiger charge is 2.27. The Hall–Kier alpha value is -2.48. The minimum absolute atomic E-state index is 0.224. The molecular weight excluding hydrogens is 325 g/mol. The summed E-state index contributed by atoms with van der Waals surface area (Å²) in [6.45, 7) is 5.19. The number of aryl methyl sites for hydroxylation is 1. The maximum absolute atomic E-state index is 14.0. The van der Waals surface area contributed by atoms with Crippen molar-refractivity contribution in [1.29, 1.82) is 0 Å². The van der Waals surface area contributed by atoms with E-state index in [0.717, 1.165) is 5.82 Å². The lowest BCUT2D eigenvalue weighted by Gasteiger charge is -2.30. The summed E-state index contributed by atoms with van der Waals surface area (Å²) >= 11 is 0. The maximum Gasteiger partial charge on any atom is 0.318 e. The van der Waals surface area contributed by atoms with Crippen molar-refractivity contribution < 1.29 is 13.9 Å². The van der Waals surface area contributed by atoms with E-state index in [-0.39, 0.29) is 11.8 Å². The molecule has 2 amide bonds. The van der Waals surface area contributed by atoms with Gasteiger partial charge in [-0.05, 0) is 19.9 Å². The number of methoxy groups -OCH3 is 1. The van der Waals surface area contributed by atoms with Gasteiger partial charge in [-0.1, -0.05) is 18.2 Å². The summed E-state index contributed by atoms with van der Waals surface area (Å²) in [6.07, 6.45) is -0.569. The largest absolute Gasteiger partial charge is 0.375 e. The third-order valence-corrected chi connectivity index (χ3v) is 4.33. The minimum Gasteiger partial charge on any atom is -0.375 e. The smallest absolute Gasteiger partial charge is 0.318 e. The second-order valence-corrected chi connectivity index (χ2v) is 6.14. The molecule has 1 aromatic heterocycles. The molecule has 2 unspecified atom stereocenters. The van der Waals surface area contributed by atoms with Gasteiger partial charge in [-0.2, -0.15) is 5.10 Å². The minimum atomic E-state index is -0.569. The van der Waals surface area contributed by atoms with Gasteiger partial charge in [0.05, 0.1) is 19.1 Å². The average Bonchev–Trinajstić information content (AvgIpc) is 2.96. The third kappa shape index (κ3) is 3.63. The lowest BCUT2D eigenvalue weighted by molar-refractivity contribution is 0.0699. The molecule has 0 radical (unpaired) electrons. The molecule has 3 rings (SSSR count). The van der Waals surface area contributed by atoms with Gasteiger partial charge in [0.25, 0.3) is 0 Å². The second kappa shape index (κ2) is 7.18. The first-order valence-corrected chi connectivity index (χ1v) is 8.22. The molecule has 1 aliphatic rings. The van der Waals surface area contributed by atoms with E-state index in [4.69, 9.17) is 4.74 Å². The van der Waals surface area contributed by atoms with E-state index < -0.39 is 12.1 Å². The molecule has 1 aromatic carbocycles. The van der Waals surface area contributed by atoms with Gasteiger partial charge in [-0.3, -0.25) is 0 Å². The zero-order chi connectivity index (χ0) is 18.0. The summed E-state index contributed by atoms with van der Waals surface area (Å²) in [5.74, 6) is 1.12. The molecule has 0 bridgehead atoms. The van der Waals surface area contributed by atoms with Gasteiger partial charge in [0.1, 0.15) is 23.6 Å². The van der Waals surface area contributed by atoms with Crippen LogP contribution in [-0.4, -0.2) is 45.4 Å². The summed E-state index contributed by atoms with van der Waals surface area (Å²) in [6, 6.07) is 5.81. The number of hydrogen-bond acceptors (Lipinski definition) is 4. The third-order valence-electron chi connectivity index (χ3n) is 4.33. The van der Waals surface area contributed by atoms with Crippen molar-refractivity contribution in [3.63, 3.8) is 0 Å². The van der Waals surface area contributed by atoms with Crippen molar-refractivity contribution in [3.05, 3.63) is 47.3 Å². The number of rotatable bonds is 4. The van der Waals surface area contributed by atoms with Crippen molar-refractivity contribution in [3.8, 4) is 0 Å². The zero-order valence-electron chi connectivity index (χ0n) is 14.6. The van der Waals surface area contributed by atoms with Gasteiger partial charge in [0, 0.05) is 19.2 Å². The molecule has 0 saturated carbocycles. The molecule has 0 saturated heterocycles. The predicted octanol–water partition coefficient (Wildman–Crippen LogP) is 2.03. The normalized spacial score (nSPS) is 16.2. The maximum atomic E-state index is 14.0. The lowest BCUT2D eigenvalue weighted by atomic mass is 10.0. The number of nitrogens with one attached hydrogen (secondary N) is 1. The van der Waals surface area contributed by atoms with Gasteiger partial charge in [0.2, 0.25) is 0 Å². The summed E-state index contributed by atoms with van der Waals surface area (Å²) in [7, 11) is 1.51. The quantitative estimate of drug-likeness (QED) is 0.918. The van der Waals surface area contributed by atoms with E-state index in [2.05, 4.69) is 15.4 Å². The fourth-order valence-corrected chi connectivity index (χ4v) is 3.10. The van der Waals surface area contributed by atoms with Crippen LogP contribution in [0, 0.1) is 12.7 Å². The highest BCUT2D eigenvalue weighted by molar-refractivity contribution is 5.74. The second-order valence-electron chi connectivity index (χ2n) is 6.14. The van der Waals surface area contributed by atoms with Gasteiger partial charge in [-0.15, -0.1) is 0 Å². The van der Waals surface area contributed by atoms with Crippen LogP contribution in [0.1, 0.15) is 30.2 Å². The summed E-state index contributed by atoms with van der Waals surface area (Å²) in [4.78, 5) is 18.6. The van der Waals surface area contributed by atoms with Crippen LogP contribution < -0.4 is 5.32 Å². The number of ether oxygens (including phenoxy) is 1.